The lowest BCUT2D eigenvalue weighted by atomic mass is 10.1. The molecule has 10 heteroatoms. The number of pyridine rings is 1. The molecule has 0 aliphatic carbocycles. The topological polar surface area (TPSA) is 67.3 Å². The Hall–Kier alpha value is -1.25. The van der Waals surface area contributed by atoms with Crippen LogP contribution in [0.1, 0.15) is 5.56 Å². The highest BCUT2D eigenvalue weighted by Crippen LogP contribution is 2.40. The largest absolute Gasteiger partial charge is 0.506 e. The summed E-state index contributed by atoms with van der Waals surface area (Å²) in [6, 6.07) is 1.40. The number of hydrogen-bond donors (Lipinski definition) is 1. The predicted molar refractivity (Wildman–Crippen MR) is 66.5 cm³/mol. The Morgan fingerprint density at radius 1 is 1.25 bits per heavy atom. The number of alkyl halides is 3. The molecule has 0 fully saturated rings. The molecule has 0 spiro atoms. The minimum absolute atomic E-state index is 0.246. The Balaban J connectivity index is 2.84. The Bertz CT molecular complexity index is 805. The minimum atomic E-state index is -4.69. The van der Waals surface area contributed by atoms with E-state index in [0.29, 0.717) is 12.3 Å². The van der Waals surface area contributed by atoms with Gasteiger partial charge in [-0.1, -0.05) is 11.6 Å². The summed E-state index contributed by atoms with van der Waals surface area (Å²) in [4.78, 5) is 2.84. The first kappa shape index (κ1) is 15.1. The molecule has 0 aliphatic rings. The van der Waals surface area contributed by atoms with Crippen LogP contribution in [0.25, 0.3) is 10.9 Å². The number of rotatable bonds is 1. The van der Waals surface area contributed by atoms with Gasteiger partial charge in [0.25, 0.3) is 9.05 Å². The fourth-order valence-corrected chi connectivity index (χ4v) is 2.71. The second-order valence-electron chi connectivity index (χ2n) is 3.76. The molecule has 1 aromatic carbocycles. The standard InChI is InChI=1S/C10H4Cl2F3NO3S/c11-6-1-4-7(2-5(6)10(13,14)15)16-3-8(9(4)17)20(12,18)19/h1-3H,(H,16,17). The molecule has 2 rings (SSSR count). The van der Waals surface area contributed by atoms with E-state index >= 15 is 0 Å². The first-order valence-electron chi connectivity index (χ1n) is 4.85. The first-order chi connectivity index (χ1) is 9.01. The Labute approximate surface area is 120 Å². The highest BCUT2D eigenvalue weighted by Gasteiger charge is 2.34. The van der Waals surface area contributed by atoms with Gasteiger partial charge in [0.05, 0.1) is 22.3 Å². The number of hydrogen-bond acceptors (Lipinski definition) is 4. The molecule has 0 atom stereocenters. The Morgan fingerprint density at radius 3 is 2.35 bits per heavy atom. The molecule has 0 saturated carbocycles. The van der Waals surface area contributed by atoms with Gasteiger partial charge < -0.3 is 5.11 Å². The quantitative estimate of drug-likeness (QED) is 0.802. The highest BCUT2D eigenvalue weighted by atomic mass is 35.7. The van der Waals surface area contributed by atoms with E-state index in [9.17, 15) is 26.7 Å². The summed E-state index contributed by atoms with van der Waals surface area (Å²) in [5, 5.41) is 8.83. The van der Waals surface area contributed by atoms with Gasteiger partial charge in [0.15, 0.2) is 0 Å². The van der Waals surface area contributed by atoms with Crippen LogP contribution in [0.3, 0.4) is 0 Å². The molecule has 108 valence electrons. The van der Waals surface area contributed by atoms with Crippen molar-refractivity contribution in [1.29, 1.82) is 0 Å². The van der Waals surface area contributed by atoms with Gasteiger partial charge in [-0.15, -0.1) is 0 Å². The zero-order valence-electron chi connectivity index (χ0n) is 9.24. The number of fused-ring (bicyclic) bond motifs is 1. The maximum Gasteiger partial charge on any atom is 0.417 e. The fourth-order valence-electron chi connectivity index (χ4n) is 1.58. The van der Waals surface area contributed by atoms with Crippen molar-refractivity contribution in [3.8, 4) is 5.75 Å². The summed E-state index contributed by atoms with van der Waals surface area (Å²) in [7, 11) is 0.785. The predicted octanol–water partition coefficient (Wildman–Crippen LogP) is 3.54. The van der Waals surface area contributed by atoms with Crippen LogP contribution in [0.5, 0.6) is 5.75 Å². The minimum Gasteiger partial charge on any atom is -0.506 e. The average molecular weight is 346 g/mol. The Morgan fingerprint density at radius 2 is 1.85 bits per heavy atom. The van der Waals surface area contributed by atoms with E-state index in [-0.39, 0.29) is 10.9 Å². The van der Waals surface area contributed by atoms with Crippen molar-refractivity contribution in [2.75, 3.05) is 0 Å². The van der Waals surface area contributed by atoms with Crippen molar-refractivity contribution in [2.24, 2.45) is 0 Å². The summed E-state index contributed by atoms with van der Waals surface area (Å²) >= 11 is 5.49. The summed E-state index contributed by atoms with van der Waals surface area (Å²) < 4.78 is 60.3. The van der Waals surface area contributed by atoms with E-state index in [1.54, 1.807) is 0 Å². The molecule has 0 unspecified atom stereocenters. The van der Waals surface area contributed by atoms with Crippen molar-refractivity contribution in [3.63, 3.8) is 0 Å². The van der Waals surface area contributed by atoms with E-state index in [4.69, 9.17) is 22.3 Å². The Kier molecular flexibility index (Phi) is 3.52. The zero-order chi connectivity index (χ0) is 15.3. The normalized spacial score (nSPS) is 12.8. The summed E-state index contributed by atoms with van der Waals surface area (Å²) in [6.45, 7) is 0. The number of nitrogens with zero attached hydrogens (tertiary/aromatic N) is 1. The lowest BCUT2D eigenvalue weighted by Gasteiger charge is -2.11. The van der Waals surface area contributed by atoms with Crippen LogP contribution in [0.4, 0.5) is 13.2 Å². The third-order valence-electron chi connectivity index (χ3n) is 2.46. The van der Waals surface area contributed by atoms with Crippen LogP contribution in [0.2, 0.25) is 5.02 Å². The molecule has 0 bridgehead atoms. The van der Waals surface area contributed by atoms with Gasteiger partial charge in [0, 0.05) is 16.1 Å². The van der Waals surface area contributed by atoms with Crippen LogP contribution in [0.15, 0.2) is 23.2 Å². The molecule has 0 amide bonds. The average Bonchev–Trinajstić information content (AvgIpc) is 2.26. The van der Waals surface area contributed by atoms with Gasteiger partial charge >= 0.3 is 6.18 Å². The third kappa shape index (κ3) is 2.63. The van der Waals surface area contributed by atoms with E-state index in [1.165, 1.54) is 0 Å². The maximum absolute atomic E-state index is 12.7. The van der Waals surface area contributed by atoms with Gasteiger partial charge in [-0.25, -0.2) is 8.42 Å². The summed E-state index contributed by atoms with van der Waals surface area (Å²) in [5.41, 5.74) is -1.40. The fraction of sp³-hybridized carbons (Fsp3) is 0.100. The highest BCUT2D eigenvalue weighted by molar-refractivity contribution is 8.13. The van der Waals surface area contributed by atoms with Crippen molar-refractivity contribution in [3.05, 3.63) is 28.9 Å². The van der Waals surface area contributed by atoms with Gasteiger partial charge in [-0.05, 0) is 12.1 Å². The third-order valence-corrected chi connectivity index (χ3v) is 4.10. The van der Waals surface area contributed by atoms with E-state index in [2.05, 4.69) is 4.98 Å². The van der Waals surface area contributed by atoms with Gasteiger partial charge in [0.1, 0.15) is 10.6 Å². The summed E-state index contributed by atoms with van der Waals surface area (Å²) in [6.07, 6.45) is -4.02. The summed E-state index contributed by atoms with van der Waals surface area (Å²) in [5.74, 6) is -0.805. The number of halogens is 5. The molecule has 0 aliphatic heterocycles. The lowest BCUT2D eigenvalue weighted by molar-refractivity contribution is -0.137. The molecular formula is C10H4Cl2F3NO3S. The molecular weight excluding hydrogens is 342 g/mol. The van der Waals surface area contributed by atoms with Crippen LogP contribution < -0.4 is 0 Å². The number of benzene rings is 1. The van der Waals surface area contributed by atoms with E-state index < -0.39 is 36.5 Å². The molecule has 1 aromatic heterocycles. The van der Waals surface area contributed by atoms with Crippen LogP contribution in [0, 0.1) is 0 Å². The van der Waals surface area contributed by atoms with Gasteiger partial charge in [0.2, 0.25) is 0 Å². The molecule has 0 radical (unpaired) electrons. The maximum atomic E-state index is 12.7. The van der Waals surface area contributed by atoms with Crippen LogP contribution in [-0.4, -0.2) is 18.5 Å². The second-order valence-corrected chi connectivity index (χ2v) is 6.70. The van der Waals surface area contributed by atoms with Crippen molar-refractivity contribution in [1.82, 2.24) is 4.98 Å². The second kappa shape index (κ2) is 4.64. The van der Waals surface area contributed by atoms with E-state index in [0.717, 1.165) is 6.07 Å². The zero-order valence-corrected chi connectivity index (χ0v) is 11.6. The monoisotopic (exact) mass is 345 g/mol. The number of aromatic nitrogens is 1. The molecule has 20 heavy (non-hydrogen) atoms. The smallest absolute Gasteiger partial charge is 0.417 e. The molecule has 2 aromatic rings. The molecule has 4 nitrogen and oxygen atoms in total. The van der Waals surface area contributed by atoms with Crippen molar-refractivity contribution >= 4 is 42.2 Å². The SMILES string of the molecule is O=S(=O)(Cl)c1cnc2cc(C(F)(F)F)c(Cl)cc2c1O. The lowest BCUT2D eigenvalue weighted by Crippen LogP contribution is -2.06. The van der Waals surface area contributed by atoms with Gasteiger partial charge in [-0.2, -0.15) is 13.2 Å². The van der Waals surface area contributed by atoms with Crippen molar-refractivity contribution in [2.45, 2.75) is 11.1 Å². The molecule has 0 saturated heterocycles. The van der Waals surface area contributed by atoms with Crippen LogP contribution >= 0.6 is 22.3 Å². The van der Waals surface area contributed by atoms with Crippen molar-refractivity contribution < 1.29 is 26.7 Å². The number of aromatic hydroxyl groups is 1. The van der Waals surface area contributed by atoms with E-state index in [1.807, 2.05) is 0 Å². The van der Waals surface area contributed by atoms with Gasteiger partial charge in [-0.3, -0.25) is 4.98 Å². The first-order valence-corrected chi connectivity index (χ1v) is 7.53. The molecule has 1 heterocycles. The van der Waals surface area contributed by atoms with Crippen LogP contribution in [-0.2, 0) is 15.2 Å². The molecule has 1 N–H and O–H groups in total.